The van der Waals surface area contributed by atoms with Crippen LogP contribution in [0.25, 0.3) is 11.2 Å². The number of hydrogen-bond donors (Lipinski definition) is 2. The van der Waals surface area contributed by atoms with E-state index in [0.717, 1.165) is 0 Å². The molecule has 0 saturated carbocycles. The molecule has 0 bridgehead atoms. The van der Waals surface area contributed by atoms with Crippen molar-refractivity contribution in [1.29, 1.82) is 0 Å². The molecule has 0 aliphatic rings. The minimum Gasteiger partial charge on any atom is -0.478 e. The number of hydrogen-bond acceptors (Lipinski definition) is 3. The number of aromatic nitrogens is 3. The number of carboxylic acid groups (broad SMARTS) is 1. The molecule has 106 valence electrons. The highest BCUT2D eigenvalue weighted by molar-refractivity contribution is 5.90. The second-order valence-electron chi connectivity index (χ2n) is 4.46. The van der Waals surface area contributed by atoms with Crippen molar-refractivity contribution in [1.82, 2.24) is 15.0 Å². The summed E-state index contributed by atoms with van der Waals surface area (Å²) in [6.45, 7) is 0. The Morgan fingerprint density at radius 3 is 2.67 bits per heavy atom. The molecular weight excluding hydrogens is 280 g/mol. The fraction of sp³-hybridized carbons (Fsp3) is 0.0714. The van der Waals surface area contributed by atoms with Crippen LogP contribution in [0.4, 0.5) is 8.78 Å². The van der Waals surface area contributed by atoms with E-state index >= 15 is 0 Å². The number of pyridine rings is 1. The van der Waals surface area contributed by atoms with E-state index in [1.165, 1.54) is 30.5 Å². The smallest absolute Gasteiger partial charge is 0.337 e. The molecule has 2 aromatic heterocycles. The number of benzene rings is 1. The number of aromatic carboxylic acids is 1. The van der Waals surface area contributed by atoms with E-state index < -0.39 is 17.6 Å². The van der Waals surface area contributed by atoms with Gasteiger partial charge in [-0.1, -0.05) is 6.07 Å². The number of carbonyl (C=O) groups is 1. The molecule has 0 aliphatic carbocycles. The van der Waals surface area contributed by atoms with Crippen LogP contribution in [0.3, 0.4) is 0 Å². The number of H-pyrrole nitrogens is 1. The number of rotatable bonds is 3. The van der Waals surface area contributed by atoms with Gasteiger partial charge in [0.2, 0.25) is 0 Å². The molecule has 7 heteroatoms. The Morgan fingerprint density at radius 2 is 2.00 bits per heavy atom. The van der Waals surface area contributed by atoms with Crippen LogP contribution in [0.1, 0.15) is 21.7 Å². The molecule has 0 fully saturated rings. The Labute approximate surface area is 117 Å². The van der Waals surface area contributed by atoms with Crippen LogP contribution in [-0.4, -0.2) is 26.0 Å². The van der Waals surface area contributed by atoms with E-state index in [4.69, 9.17) is 5.11 Å². The molecule has 0 radical (unpaired) electrons. The number of fused-ring (bicyclic) bond motifs is 1. The molecule has 3 aromatic rings. The Kier molecular flexibility index (Phi) is 3.09. The average Bonchev–Trinajstić information content (AvgIpc) is 2.84. The van der Waals surface area contributed by atoms with Crippen molar-refractivity contribution >= 4 is 17.1 Å². The number of aromatic amines is 1. The van der Waals surface area contributed by atoms with E-state index in [1.54, 1.807) is 0 Å². The van der Waals surface area contributed by atoms with Gasteiger partial charge in [-0.05, 0) is 18.2 Å². The molecule has 21 heavy (non-hydrogen) atoms. The molecule has 0 aliphatic heterocycles. The molecular formula is C14H9F2N3O2. The lowest BCUT2D eigenvalue weighted by molar-refractivity contribution is 0.0696. The van der Waals surface area contributed by atoms with Gasteiger partial charge in [0.1, 0.15) is 17.5 Å². The molecule has 0 atom stereocenters. The highest BCUT2D eigenvalue weighted by Crippen LogP contribution is 2.18. The minimum atomic E-state index is -1.11. The number of halogens is 2. The summed E-state index contributed by atoms with van der Waals surface area (Å²) in [4.78, 5) is 21.7. The topological polar surface area (TPSA) is 78.9 Å². The van der Waals surface area contributed by atoms with Crippen molar-refractivity contribution in [2.75, 3.05) is 0 Å². The summed E-state index contributed by atoms with van der Waals surface area (Å²) in [7, 11) is 0. The third kappa shape index (κ3) is 2.45. The SMILES string of the molecule is O=C(O)c1cnc2nc(Cc3c(F)cccc3F)[nH]c2c1. The predicted molar refractivity (Wildman–Crippen MR) is 70.0 cm³/mol. The Balaban J connectivity index is 2.00. The average molecular weight is 289 g/mol. The Hall–Kier alpha value is -2.83. The van der Waals surface area contributed by atoms with Gasteiger partial charge in [-0.3, -0.25) is 0 Å². The van der Waals surface area contributed by atoms with E-state index in [1.807, 2.05) is 0 Å². The molecule has 0 amide bonds. The van der Waals surface area contributed by atoms with Gasteiger partial charge in [0.15, 0.2) is 5.65 Å². The first-order valence-corrected chi connectivity index (χ1v) is 6.05. The van der Waals surface area contributed by atoms with Crippen LogP contribution in [0, 0.1) is 11.6 Å². The largest absolute Gasteiger partial charge is 0.478 e. The molecule has 2 N–H and O–H groups in total. The van der Waals surface area contributed by atoms with Crippen LogP contribution in [-0.2, 0) is 6.42 Å². The fourth-order valence-electron chi connectivity index (χ4n) is 2.02. The van der Waals surface area contributed by atoms with Crippen molar-refractivity contribution in [2.45, 2.75) is 6.42 Å². The maximum absolute atomic E-state index is 13.6. The van der Waals surface area contributed by atoms with Crippen LogP contribution < -0.4 is 0 Å². The van der Waals surface area contributed by atoms with Crippen LogP contribution >= 0.6 is 0 Å². The summed E-state index contributed by atoms with van der Waals surface area (Å²) < 4.78 is 27.2. The molecule has 0 spiro atoms. The lowest BCUT2D eigenvalue weighted by atomic mass is 10.1. The van der Waals surface area contributed by atoms with Gasteiger partial charge < -0.3 is 10.1 Å². The number of nitrogens with one attached hydrogen (secondary N) is 1. The maximum Gasteiger partial charge on any atom is 0.337 e. The van der Waals surface area contributed by atoms with Crippen molar-refractivity contribution in [3.63, 3.8) is 0 Å². The third-order valence-corrected chi connectivity index (χ3v) is 3.04. The minimum absolute atomic E-state index is 0.00905. The zero-order valence-electron chi connectivity index (χ0n) is 10.6. The van der Waals surface area contributed by atoms with Crippen molar-refractivity contribution < 1.29 is 18.7 Å². The lowest BCUT2D eigenvalue weighted by Gasteiger charge is -2.01. The first-order chi connectivity index (χ1) is 10.0. The van der Waals surface area contributed by atoms with Gasteiger partial charge in [0, 0.05) is 18.2 Å². The van der Waals surface area contributed by atoms with Crippen molar-refractivity contribution in [3.05, 3.63) is 59.0 Å². The summed E-state index contributed by atoms with van der Waals surface area (Å²) in [5.74, 6) is -2.12. The van der Waals surface area contributed by atoms with Gasteiger partial charge in [-0.25, -0.2) is 23.5 Å². The molecule has 0 saturated heterocycles. The second-order valence-corrected chi connectivity index (χ2v) is 4.46. The summed E-state index contributed by atoms with van der Waals surface area (Å²) in [5.41, 5.74) is 0.609. The first-order valence-electron chi connectivity index (χ1n) is 6.05. The summed E-state index contributed by atoms with van der Waals surface area (Å²) in [6, 6.07) is 5.00. The van der Waals surface area contributed by atoms with E-state index in [0.29, 0.717) is 17.0 Å². The highest BCUT2D eigenvalue weighted by atomic mass is 19.1. The van der Waals surface area contributed by atoms with Gasteiger partial charge in [0.25, 0.3) is 0 Å². The summed E-state index contributed by atoms with van der Waals surface area (Å²) in [5, 5.41) is 8.89. The lowest BCUT2D eigenvalue weighted by Crippen LogP contribution is -1.98. The Morgan fingerprint density at radius 1 is 1.29 bits per heavy atom. The molecule has 5 nitrogen and oxygen atoms in total. The van der Waals surface area contributed by atoms with Gasteiger partial charge in [-0.15, -0.1) is 0 Å². The standard InChI is InChI=1S/C14H9F2N3O2/c15-9-2-1-3-10(16)8(9)5-12-18-11-4-7(14(20)21)6-17-13(11)19-12/h1-4,6H,5H2,(H,20,21)(H,17,18,19). The number of nitrogens with zero attached hydrogens (tertiary/aromatic N) is 2. The zero-order chi connectivity index (χ0) is 15.0. The van der Waals surface area contributed by atoms with Gasteiger partial charge >= 0.3 is 5.97 Å². The second kappa shape index (κ2) is 4.93. The summed E-state index contributed by atoms with van der Waals surface area (Å²) >= 11 is 0. The van der Waals surface area contributed by atoms with E-state index in [2.05, 4.69) is 15.0 Å². The predicted octanol–water partition coefficient (Wildman–Crippen LogP) is 2.53. The first kappa shape index (κ1) is 13.2. The molecule has 3 rings (SSSR count). The zero-order valence-corrected chi connectivity index (χ0v) is 10.6. The van der Waals surface area contributed by atoms with Crippen LogP contribution in [0.5, 0.6) is 0 Å². The normalized spacial score (nSPS) is 11.0. The Bertz CT molecular complexity index is 825. The van der Waals surface area contributed by atoms with Crippen LogP contribution in [0.15, 0.2) is 30.5 Å². The quantitative estimate of drug-likeness (QED) is 0.776. The molecule has 2 heterocycles. The number of imidazole rings is 1. The van der Waals surface area contributed by atoms with Crippen molar-refractivity contribution in [2.24, 2.45) is 0 Å². The van der Waals surface area contributed by atoms with Crippen LogP contribution in [0.2, 0.25) is 0 Å². The molecule has 1 aromatic carbocycles. The van der Waals surface area contributed by atoms with E-state index in [9.17, 15) is 13.6 Å². The van der Waals surface area contributed by atoms with Crippen molar-refractivity contribution in [3.8, 4) is 0 Å². The van der Waals surface area contributed by atoms with Gasteiger partial charge in [-0.2, -0.15) is 0 Å². The number of carboxylic acids is 1. The highest BCUT2D eigenvalue weighted by Gasteiger charge is 2.13. The monoisotopic (exact) mass is 289 g/mol. The van der Waals surface area contributed by atoms with Gasteiger partial charge in [0.05, 0.1) is 11.1 Å². The fourth-order valence-corrected chi connectivity index (χ4v) is 2.02. The molecule has 0 unspecified atom stereocenters. The van der Waals surface area contributed by atoms with E-state index in [-0.39, 0.29) is 17.5 Å². The third-order valence-electron chi connectivity index (χ3n) is 3.04. The maximum atomic E-state index is 13.6. The summed E-state index contributed by atoms with van der Waals surface area (Å²) in [6.07, 6.45) is 1.11.